The van der Waals surface area contributed by atoms with Crippen LogP contribution in [0, 0.1) is 0 Å². The number of carbonyl (C=O) groups excluding carboxylic acids is 1. The van der Waals surface area contributed by atoms with Crippen molar-refractivity contribution < 1.29 is 19.4 Å². The van der Waals surface area contributed by atoms with E-state index in [4.69, 9.17) is 5.11 Å². The smallest absolute Gasteiger partial charge is 0.430 e. The molecule has 0 aromatic rings. The summed E-state index contributed by atoms with van der Waals surface area (Å²) in [6.45, 7) is 5.63. The van der Waals surface area contributed by atoms with Crippen molar-refractivity contribution in [2.24, 2.45) is 0 Å². The Kier molecular flexibility index (Phi) is 4.61. The number of cyclic esters (lactones) is 2. The molecule has 1 unspecified atom stereocenters. The van der Waals surface area contributed by atoms with Gasteiger partial charge in [0.25, 0.3) is 0 Å². The Morgan fingerprint density at radius 3 is 2.18 bits per heavy atom. The minimum atomic E-state index is -0.549. The maximum absolute atomic E-state index is 10.0. The first-order chi connectivity index (χ1) is 5.02. The van der Waals surface area contributed by atoms with Crippen LogP contribution in [0.4, 0.5) is 4.79 Å². The molecule has 0 aliphatic carbocycles. The second-order valence-corrected chi connectivity index (χ2v) is 2.58. The lowest BCUT2D eigenvalue weighted by Gasteiger charge is -1.90. The maximum Gasteiger partial charge on any atom is 0.508 e. The summed E-state index contributed by atoms with van der Waals surface area (Å²) < 4.78 is 8.90. The molecule has 0 aromatic heterocycles. The average Bonchev–Trinajstić information content (AvgIpc) is 2.13. The fourth-order valence-corrected chi connectivity index (χ4v) is 0.418. The van der Waals surface area contributed by atoms with E-state index in [0.717, 1.165) is 0 Å². The Bertz CT molecular complexity index is 119. The van der Waals surface area contributed by atoms with Crippen LogP contribution >= 0.6 is 0 Å². The van der Waals surface area contributed by atoms with E-state index < -0.39 is 6.16 Å². The molecule has 4 heteroatoms. The number of rotatable bonds is 0. The fraction of sp³-hybridized carbons (Fsp3) is 0.857. The van der Waals surface area contributed by atoms with Crippen molar-refractivity contribution in [3.63, 3.8) is 0 Å². The third-order valence-electron chi connectivity index (χ3n) is 0.733. The Balaban J connectivity index is 0.000000218. The Morgan fingerprint density at radius 2 is 2.09 bits per heavy atom. The number of aliphatic hydroxyl groups is 1. The van der Waals surface area contributed by atoms with E-state index in [0.29, 0.717) is 6.61 Å². The fourth-order valence-electron chi connectivity index (χ4n) is 0.418. The molecule has 1 N–H and O–H groups in total. The third kappa shape index (κ3) is 7.12. The van der Waals surface area contributed by atoms with Gasteiger partial charge in [-0.05, 0) is 20.8 Å². The van der Waals surface area contributed by atoms with Crippen molar-refractivity contribution in [3.05, 3.63) is 0 Å². The first-order valence-electron chi connectivity index (χ1n) is 3.54. The molecule has 1 atom stereocenters. The molecule has 0 saturated carbocycles. The van der Waals surface area contributed by atoms with Gasteiger partial charge in [-0.2, -0.15) is 0 Å². The van der Waals surface area contributed by atoms with Crippen molar-refractivity contribution in [2.75, 3.05) is 6.61 Å². The number of carbonyl (C=O) groups is 1. The zero-order valence-corrected chi connectivity index (χ0v) is 7.03. The summed E-state index contributed by atoms with van der Waals surface area (Å²) in [4.78, 5) is 10.0. The van der Waals surface area contributed by atoms with E-state index in [1.807, 2.05) is 0 Å². The number of ether oxygens (including phenoxy) is 2. The molecule has 0 bridgehead atoms. The van der Waals surface area contributed by atoms with E-state index in [1.54, 1.807) is 20.8 Å². The summed E-state index contributed by atoms with van der Waals surface area (Å²) in [5, 5.41) is 8.06. The highest BCUT2D eigenvalue weighted by Gasteiger charge is 2.19. The van der Waals surface area contributed by atoms with Gasteiger partial charge >= 0.3 is 6.16 Å². The van der Waals surface area contributed by atoms with Gasteiger partial charge in [-0.1, -0.05) is 0 Å². The molecule has 0 radical (unpaired) electrons. The van der Waals surface area contributed by atoms with Crippen LogP contribution in [0.3, 0.4) is 0 Å². The Hall–Kier alpha value is -0.770. The van der Waals surface area contributed by atoms with Crippen LogP contribution in [0.2, 0.25) is 0 Å². The van der Waals surface area contributed by atoms with Gasteiger partial charge in [-0.25, -0.2) is 4.79 Å². The minimum absolute atomic E-state index is 0.0486. The van der Waals surface area contributed by atoms with Crippen LogP contribution in [0.25, 0.3) is 0 Å². The summed E-state index contributed by atoms with van der Waals surface area (Å²) in [5.41, 5.74) is 0. The summed E-state index contributed by atoms with van der Waals surface area (Å²) in [7, 11) is 0. The molecule has 11 heavy (non-hydrogen) atoms. The minimum Gasteiger partial charge on any atom is -0.430 e. The molecule has 66 valence electrons. The van der Waals surface area contributed by atoms with Gasteiger partial charge < -0.3 is 14.6 Å². The van der Waals surface area contributed by atoms with Gasteiger partial charge in [-0.15, -0.1) is 0 Å². The average molecular weight is 162 g/mol. The quantitative estimate of drug-likeness (QED) is 0.538. The highest BCUT2D eigenvalue weighted by atomic mass is 16.8. The SMILES string of the molecule is CC(C)O.CC1COC(=O)O1. The summed E-state index contributed by atoms with van der Waals surface area (Å²) >= 11 is 0. The summed E-state index contributed by atoms with van der Waals surface area (Å²) in [6.07, 6.45) is -0.764. The predicted octanol–water partition coefficient (Wildman–Crippen LogP) is 0.929. The van der Waals surface area contributed by atoms with Crippen molar-refractivity contribution in [1.29, 1.82) is 0 Å². The summed E-state index contributed by atoms with van der Waals surface area (Å²) in [6, 6.07) is 0. The van der Waals surface area contributed by atoms with Gasteiger partial charge in [0.1, 0.15) is 12.7 Å². The van der Waals surface area contributed by atoms with Crippen LogP contribution in [0.1, 0.15) is 20.8 Å². The number of hydrogen-bond acceptors (Lipinski definition) is 4. The molecular formula is C7H14O4. The van der Waals surface area contributed by atoms with Crippen LogP contribution in [0.15, 0.2) is 0 Å². The highest BCUT2D eigenvalue weighted by Crippen LogP contribution is 2.02. The van der Waals surface area contributed by atoms with Gasteiger partial charge in [0.15, 0.2) is 0 Å². The van der Waals surface area contributed by atoms with E-state index >= 15 is 0 Å². The van der Waals surface area contributed by atoms with Gasteiger partial charge in [0, 0.05) is 6.10 Å². The van der Waals surface area contributed by atoms with E-state index in [1.165, 1.54) is 0 Å². The normalized spacial score (nSPS) is 21.9. The van der Waals surface area contributed by atoms with E-state index in [-0.39, 0.29) is 12.2 Å². The molecule has 0 spiro atoms. The number of aliphatic hydroxyl groups excluding tert-OH is 1. The first kappa shape index (κ1) is 10.2. The lowest BCUT2D eigenvalue weighted by molar-refractivity contribution is 0.121. The largest absolute Gasteiger partial charge is 0.508 e. The van der Waals surface area contributed by atoms with Crippen LogP contribution in [-0.4, -0.2) is 30.1 Å². The molecule has 1 aliphatic heterocycles. The van der Waals surface area contributed by atoms with Crippen LogP contribution in [0.5, 0.6) is 0 Å². The number of hydrogen-bond donors (Lipinski definition) is 1. The van der Waals surface area contributed by atoms with Crippen molar-refractivity contribution in [3.8, 4) is 0 Å². The molecule has 4 nitrogen and oxygen atoms in total. The topological polar surface area (TPSA) is 55.8 Å². The molecule has 1 saturated heterocycles. The Labute approximate surface area is 66.1 Å². The highest BCUT2D eigenvalue weighted by molar-refractivity contribution is 5.61. The lowest BCUT2D eigenvalue weighted by Crippen LogP contribution is -2.01. The first-order valence-corrected chi connectivity index (χ1v) is 3.54. The van der Waals surface area contributed by atoms with Crippen molar-refractivity contribution >= 4 is 6.16 Å². The van der Waals surface area contributed by atoms with Gasteiger partial charge in [0.2, 0.25) is 0 Å². The second-order valence-electron chi connectivity index (χ2n) is 2.58. The standard InChI is InChI=1S/C4H6O3.C3H8O/c1-3-2-6-4(5)7-3;1-3(2)4/h3H,2H2,1H3;3-4H,1-2H3. The van der Waals surface area contributed by atoms with E-state index in [9.17, 15) is 4.79 Å². The second kappa shape index (κ2) is 4.96. The molecule has 1 aliphatic rings. The molecule has 0 aromatic carbocycles. The zero-order valence-electron chi connectivity index (χ0n) is 7.03. The molecule has 1 fully saturated rings. The van der Waals surface area contributed by atoms with Crippen LogP contribution < -0.4 is 0 Å². The van der Waals surface area contributed by atoms with Crippen molar-refractivity contribution in [1.82, 2.24) is 0 Å². The maximum atomic E-state index is 10.0. The van der Waals surface area contributed by atoms with Crippen LogP contribution in [-0.2, 0) is 9.47 Å². The molecule has 1 rings (SSSR count). The monoisotopic (exact) mass is 162 g/mol. The molecule has 1 heterocycles. The van der Waals surface area contributed by atoms with E-state index in [2.05, 4.69) is 9.47 Å². The summed E-state index contributed by atoms with van der Waals surface area (Å²) in [5.74, 6) is 0. The van der Waals surface area contributed by atoms with Gasteiger partial charge in [-0.3, -0.25) is 0 Å². The third-order valence-corrected chi connectivity index (χ3v) is 0.733. The molecular weight excluding hydrogens is 148 g/mol. The predicted molar refractivity (Wildman–Crippen MR) is 39.2 cm³/mol. The zero-order chi connectivity index (χ0) is 8.85. The van der Waals surface area contributed by atoms with Crippen molar-refractivity contribution in [2.45, 2.75) is 33.0 Å². The Morgan fingerprint density at radius 1 is 1.64 bits per heavy atom. The van der Waals surface area contributed by atoms with Gasteiger partial charge in [0.05, 0.1) is 0 Å². The lowest BCUT2D eigenvalue weighted by atomic mass is 10.5. The molecule has 0 amide bonds.